The number of carboxylic acid groups (broad SMARTS) is 1. The van der Waals surface area contributed by atoms with Gasteiger partial charge in [0.25, 0.3) is 0 Å². The number of thioether (sulfide) groups is 1. The topological polar surface area (TPSA) is 46.5 Å². The second-order valence-corrected chi connectivity index (χ2v) is 4.52. The van der Waals surface area contributed by atoms with Gasteiger partial charge in [0.1, 0.15) is 0 Å². The summed E-state index contributed by atoms with van der Waals surface area (Å²) >= 11 is 1.50. The smallest absolute Gasteiger partial charge is 0.335 e. The number of ether oxygens (including phenoxy) is 1. The molecule has 2 aromatic carbocycles. The van der Waals surface area contributed by atoms with E-state index in [-0.39, 0.29) is 0 Å². The molecule has 0 spiro atoms. The summed E-state index contributed by atoms with van der Waals surface area (Å²) in [6.07, 6.45) is 0. The molecular formula is C13H12O3S. The van der Waals surface area contributed by atoms with Crippen molar-refractivity contribution in [1.82, 2.24) is 0 Å². The zero-order chi connectivity index (χ0) is 12.3. The lowest BCUT2D eigenvalue weighted by Crippen LogP contribution is -1.97. The van der Waals surface area contributed by atoms with Crippen LogP contribution in [0.5, 0.6) is 0 Å². The first kappa shape index (κ1) is 12.0. The number of methoxy groups -OCH3 is 1. The number of carbonyl (C=O) groups is 1. The summed E-state index contributed by atoms with van der Waals surface area (Å²) in [5.41, 5.74) is 0.308. The first-order chi connectivity index (χ1) is 8.22. The third-order valence-corrected chi connectivity index (χ3v) is 3.41. The fraction of sp³-hybridized carbons (Fsp3) is 0.154. The summed E-state index contributed by atoms with van der Waals surface area (Å²) in [5.74, 6) is -0.400. The number of hydrogen-bond donors (Lipinski definition) is 1. The minimum absolute atomic E-state index is 0.308. The minimum Gasteiger partial charge on any atom is -0.478 e. The zero-order valence-corrected chi connectivity index (χ0v) is 10.2. The Balaban J connectivity index is 2.56. The zero-order valence-electron chi connectivity index (χ0n) is 9.34. The molecule has 4 heteroatoms. The Kier molecular flexibility index (Phi) is 3.66. The quantitative estimate of drug-likeness (QED) is 0.666. The Hall–Kier alpha value is -1.52. The van der Waals surface area contributed by atoms with Crippen LogP contribution >= 0.6 is 11.8 Å². The maximum atomic E-state index is 11.0. The van der Waals surface area contributed by atoms with Crippen molar-refractivity contribution in [2.75, 3.05) is 13.0 Å². The van der Waals surface area contributed by atoms with E-state index in [2.05, 4.69) is 0 Å². The normalized spacial score (nSPS) is 10.6. The van der Waals surface area contributed by atoms with Gasteiger partial charge in [-0.05, 0) is 22.9 Å². The first-order valence-electron chi connectivity index (χ1n) is 5.10. The highest BCUT2D eigenvalue weighted by molar-refractivity contribution is 7.99. The lowest BCUT2D eigenvalue weighted by atomic mass is 10.1. The largest absolute Gasteiger partial charge is 0.478 e. The number of rotatable bonds is 4. The van der Waals surface area contributed by atoms with Gasteiger partial charge in [-0.1, -0.05) is 36.0 Å². The fourth-order valence-corrected chi connectivity index (χ4v) is 2.44. The van der Waals surface area contributed by atoms with Crippen molar-refractivity contribution in [2.24, 2.45) is 0 Å². The molecule has 0 atom stereocenters. The van der Waals surface area contributed by atoms with Crippen molar-refractivity contribution < 1.29 is 14.6 Å². The predicted octanol–water partition coefficient (Wildman–Crippen LogP) is 3.23. The number of aromatic carboxylic acids is 1. The second kappa shape index (κ2) is 5.21. The van der Waals surface area contributed by atoms with E-state index in [9.17, 15) is 4.79 Å². The van der Waals surface area contributed by atoms with Crippen molar-refractivity contribution in [3.63, 3.8) is 0 Å². The Bertz CT molecular complexity index is 551. The second-order valence-electron chi connectivity index (χ2n) is 3.55. The molecular weight excluding hydrogens is 236 g/mol. The highest BCUT2D eigenvalue weighted by Gasteiger charge is 2.08. The van der Waals surface area contributed by atoms with Crippen molar-refractivity contribution >= 4 is 28.5 Å². The molecule has 2 aromatic rings. The van der Waals surface area contributed by atoms with Crippen molar-refractivity contribution in [2.45, 2.75) is 4.90 Å². The summed E-state index contributed by atoms with van der Waals surface area (Å²) in [5, 5.41) is 11.0. The third-order valence-electron chi connectivity index (χ3n) is 2.40. The molecule has 0 radical (unpaired) electrons. The van der Waals surface area contributed by atoms with Crippen LogP contribution in [0.1, 0.15) is 10.4 Å². The number of fused-ring (bicyclic) bond motifs is 1. The molecule has 3 nitrogen and oxygen atoms in total. The summed E-state index contributed by atoms with van der Waals surface area (Å²) in [6.45, 7) is 0. The summed E-state index contributed by atoms with van der Waals surface area (Å²) in [6, 6.07) is 11.1. The van der Waals surface area contributed by atoms with Gasteiger partial charge in [-0.2, -0.15) is 0 Å². The highest BCUT2D eigenvalue weighted by atomic mass is 32.2. The molecule has 17 heavy (non-hydrogen) atoms. The van der Waals surface area contributed by atoms with Gasteiger partial charge < -0.3 is 9.84 Å². The molecule has 0 aromatic heterocycles. The molecule has 0 saturated heterocycles. The average molecular weight is 248 g/mol. The maximum absolute atomic E-state index is 11.0. The lowest BCUT2D eigenvalue weighted by molar-refractivity contribution is 0.0697. The van der Waals surface area contributed by atoms with E-state index in [1.807, 2.05) is 24.3 Å². The summed E-state index contributed by atoms with van der Waals surface area (Å²) < 4.78 is 5.01. The van der Waals surface area contributed by atoms with Crippen LogP contribution in [0.25, 0.3) is 10.8 Å². The number of benzene rings is 2. The van der Waals surface area contributed by atoms with E-state index in [0.29, 0.717) is 11.5 Å². The Morgan fingerprint density at radius 3 is 2.82 bits per heavy atom. The van der Waals surface area contributed by atoms with E-state index in [1.165, 1.54) is 11.8 Å². The predicted molar refractivity (Wildman–Crippen MR) is 68.6 cm³/mol. The standard InChI is InChI=1S/C13H12O3S/c1-16-8-17-12-7-10(13(14)15)6-9-4-2-3-5-11(9)12/h2-7H,8H2,1H3,(H,14,15). The minimum atomic E-state index is -0.907. The van der Waals surface area contributed by atoms with Gasteiger partial charge >= 0.3 is 5.97 Å². The van der Waals surface area contributed by atoms with Crippen molar-refractivity contribution in [3.05, 3.63) is 42.0 Å². The maximum Gasteiger partial charge on any atom is 0.335 e. The molecule has 88 valence electrons. The molecule has 0 saturated carbocycles. The van der Waals surface area contributed by atoms with Gasteiger partial charge in [0, 0.05) is 12.0 Å². The van der Waals surface area contributed by atoms with Gasteiger partial charge in [-0.3, -0.25) is 0 Å². The Morgan fingerprint density at radius 2 is 2.12 bits per heavy atom. The SMILES string of the molecule is COCSc1cc(C(=O)O)cc2ccccc12. The van der Waals surface area contributed by atoms with E-state index in [1.54, 1.807) is 19.2 Å². The van der Waals surface area contributed by atoms with E-state index in [4.69, 9.17) is 9.84 Å². The first-order valence-corrected chi connectivity index (χ1v) is 6.09. The van der Waals surface area contributed by atoms with Gasteiger partial charge in [0.15, 0.2) is 0 Å². The fourth-order valence-electron chi connectivity index (χ4n) is 1.64. The van der Waals surface area contributed by atoms with Crippen LogP contribution in [-0.4, -0.2) is 24.1 Å². The highest BCUT2D eigenvalue weighted by Crippen LogP contribution is 2.29. The van der Waals surface area contributed by atoms with Crippen LogP contribution in [0, 0.1) is 0 Å². The molecule has 0 aliphatic carbocycles. The molecule has 2 rings (SSSR count). The van der Waals surface area contributed by atoms with Crippen molar-refractivity contribution in [3.8, 4) is 0 Å². The molecule has 1 N–H and O–H groups in total. The molecule has 0 aliphatic heterocycles. The number of hydrogen-bond acceptors (Lipinski definition) is 3. The van der Waals surface area contributed by atoms with Gasteiger partial charge in [-0.15, -0.1) is 0 Å². The summed E-state index contributed by atoms with van der Waals surface area (Å²) in [7, 11) is 1.62. The molecule has 0 fully saturated rings. The van der Waals surface area contributed by atoms with E-state index in [0.717, 1.165) is 15.7 Å². The summed E-state index contributed by atoms with van der Waals surface area (Å²) in [4.78, 5) is 12.0. The van der Waals surface area contributed by atoms with Gasteiger partial charge in [0.05, 0.1) is 11.5 Å². The van der Waals surface area contributed by atoms with Gasteiger partial charge in [-0.25, -0.2) is 4.79 Å². The Morgan fingerprint density at radius 1 is 1.35 bits per heavy atom. The van der Waals surface area contributed by atoms with Gasteiger partial charge in [0.2, 0.25) is 0 Å². The van der Waals surface area contributed by atoms with Crippen LogP contribution in [0.4, 0.5) is 0 Å². The molecule has 0 heterocycles. The molecule has 0 amide bonds. The van der Waals surface area contributed by atoms with E-state index < -0.39 is 5.97 Å². The third kappa shape index (κ3) is 2.60. The van der Waals surface area contributed by atoms with Crippen LogP contribution in [-0.2, 0) is 4.74 Å². The van der Waals surface area contributed by atoms with Crippen LogP contribution < -0.4 is 0 Å². The van der Waals surface area contributed by atoms with Crippen LogP contribution in [0.15, 0.2) is 41.3 Å². The molecule has 0 bridgehead atoms. The molecule has 0 aliphatic rings. The lowest BCUT2D eigenvalue weighted by Gasteiger charge is -2.07. The monoisotopic (exact) mass is 248 g/mol. The molecule has 0 unspecified atom stereocenters. The van der Waals surface area contributed by atoms with Crippen molar-refractivity contribution in [1.29, 1.82) is 0 Å². The van der Waals surface area contributed by atoms with E-state index >= 15 is 0 Å². The Labute approximate surface area is 103 Å². The number of carboxylic acids is 1. The van der Waals surface area contributed by atoms with Crippen LogP contribution in [0.2, 0.25) is 0 Å². The van der Waals surface area contributed by atoms with Crippen LogP contribution in [0.3, 0.4) is 0 Å². The average Bonchev–Trinajstić information content (AvgIpc) is 2.35.